The Hall–Kier alpha value is -0.580. The molecule has 2 fully saturated rings. The highest BCUT2D eigenvalue weighted by Gasteiger charge is 2.46. The first-order chi connectivity index (χ1) is 10.7. The highest BCUT2D eigenvalue weighted by Crippen LogP contribution is 2.49. The number of amides is 1. The molecule has 5 heteroatoms. The SMILES string of the molecule is CCNCC1CCN(C(=O)C2CC2c2cccc(Br)c2)CC1.Cl. The van der Waals surface area contributed by atoms with Crippen LogP contribution in [0.2, 0.25) is 0 Å². The summed E-state index contributed by atoms with van der Waals surface area (Å²) in [5.41, 5.74) is 1.30. The second kappa shape index (κ2) is 8.50. The van der Waals surface area contributed by atoms with Crippen molar-refractivity contribution in [3.8, 4) is 0 Å². The van der Waals surface area contributed by atoms with E-state index in [1.807, 2.05) is 6.07 Å². The molecule has 1 aromatic carbocycles. The average Bonchev–Trinajstić information content (AvgIpc) is 3.33. The molecule has 3 rings (SSSR count). The first-order valence-corrected chi connectivity index (χ1v) is 9.23. The summed E-state index contributed by atoms with van der Waals surface area (Å²) < 4.78 is 1.10. The predicted octanol–water partition coefficient (Wildman–Crippen LogP) is 3.82. The van der Waals surface area contributed by atoms with Crippen molar-refractivity contribution in [1.29, 1.82) is 0 Å². The van der Waals surface area contributed by atoms with Gasteiger partial charge in [0.25, 0.3) is 0 Å². The van der Waals surface area contributed by atoms with E-state index in [4.69, 9.17) is 0 Å². The van der Waals surface area contributed by atoms with E-state index in [2.05, 4.69) is 51.3 Å². The summed E-state index contributed by atoms with van der Waals surface area (Å²) in [4.78, 5) is 14.8. The van der Waals surface area contributed by atoms with Gasteiger partial charge in [-0.05, 0) is 61.9 Å². The number of nitrogens with one attached hydrogen (secondary N) is 1. The third kappa shape index (κ3) is 4.71. The van der Waals surface area contributed by atoms with Gasteiger partial charge in [-0.1, -0.05) is 35.0 Å². The van der Waals surface area contributed by atoms with Gasteiger partial charge in [-0.3, -0.25) is 4.79 Å². The summed E-state index contributed by atoms with van der Waals surface area (Å²) in [6, 6.07) is 8.40. The minimum absolute atomic E-state index is 0. The zero-order chi connectivity index (χ0) is 15.5. The predicted molar refractivity (Wildman–Crippen MR) is 100 cm³/mol. The Balaban J connectivity index is 0.00000192. The number of hydrogen-bond donors (Lipinski definition) is 1. The van der Waals surface area contributed by atoms with Gasteiger partial charge in [0.2, 0.25) is 5.91 Å². The van der Waals surface area contributed by atoms with Gasteiger partial charge in [0, 0.05) is 23.5 Å². The summed E-state index contributed by atoms with van der Waals surface area (Å²) in [6.07, 6.45) is 3.31. The maximum absolute atomic E-state index is 12.6. The van der Waals surface area contributed by atoms with Crippen molar-refractivity contribution in [1.82, 2.24) is 10.2 Å². The fourth-order valence-electron chi connectivity index (χ4n) is 3.51. The van der Waals surface area contributed by atoms with E-state index in [-0.39, 0.29) is 18.3 Å². The van der Waals surface area contributed by atoms with Crippen LogP contribution in [-0.2, 0) is 4.79 Å². The summed E-state index contributed by atoms with van der Waals surface area (Å²) in [5, 5.41) is 3.42. The number of nitrogens with zero attached hydrogens (tertiary/aromatic N) is 1. The van der Waals surface area contributed by atoms with Gasteiger partial charge in [-0.2, -0.15) is 0 Å². The summed E-state index contributed by atoms with van der Waals surface area (Å²) in [6.45, 7) is 6.17. The van der Waals surface area contributed by atoms with Gasteiger partial charge >= 0.3 is 0 Å². The lowest BCUT2D eigenvalue weighted by Gasteiger charge is -2.32. The zero-order valence-corrected chi connectivity index (χ0v) is 16.0. The van der Waals surface area contributed by atoms with Gasteiger partial charge in [-0.15, -0.1) is 12.4 Å². The molecule has 1 N–H and O–H groups in total. The molecule has 128 valence electrons. The van der Waals surface area contributed by atoms with Crippen molar-refractivity contribution in [2.24, 2.45) is 11.8 Å². The molecule has 0 radical (unpaired) electrons. The minimum atomic E-state index is 0. The number of rotatable bonds is 5. The molecule has 23 heavy (non-hydrogen) atoms. The maximum Gasteiger partial charge on any atom is 0.226 e. The monoisotopic (exact) mass is 400 g/mol. The number of benzene rings is 1. The topological polar surface area (TPSA) is 32.3 Å². The van der Waals surface area contributed by atoms with Gasteiger partial charge in [-0.25, -0.2) is 0 Å². The largest absolute Gasteiger partial charge is 0.342 e. The highest BCUT2D eigenvalue weighted by atomic mass is 79.9. The summed E-state index contributed by atoms with van der Waals surface area (Å²) in [7, 11) is 0. The molecule has 1 saturated carbocycles. The second-order valence-electron chi connectivity index (χ2n) is 6.58. The van der Waals surface area contributed by atoms with Crippen LogP contribution in [0.5, 0.6) is 0 Å². The van der Waals surface area contributed by atoms with Crippen LogP contribution in [0.1, 0.15) is 37.7 Å². The molecule has 1 heterocycles. The molecule has 1 saturated heterocycles. The average molecular weight is 402 g/mol. The lowest BCUT2D eigenvalue weighted by molar-refractivity contribution is -0.134. The Morgan fingerprint density at radius 1 is 1.35 bits per heavy atom. The normalized spacial score (nSPS) is 24.2. The first-order valence-electron chi connectivity index (χ1n) is 8.44. The number of halogens is 2. The van der Waals surface area contributed by atoms with Gasteiger partial charge in [0.15, 0.2) is 0 Å². The Labute approximate surface area is 153 Å². The van der Waals surface area contributed by atoms with E-state index >= 15 is 0 Å². The van der Waals surface area contributed by atoms with Crippen LogP contribution in [0, 0.1) is 11.8 Å². The standard InChI is InChI=1S/C18H25BrN2O.ClH/c1-2-20-12-13-6-8-21(9-7-13)18(22)17-11-16(17)14-4-3-5-15(19)10-14;/h3-5,10,13,16-17,20H,2,6-9,11-12H2,1H3;1H. The van der Waals surface area contributed by atoms with Crippen LogP contribution < -0.4 is 5.32 Å². The third-order valence-corrected chi connectivity index (χ3v) is 5.49. The number of piperidine rings is 1. The number of hydrogen-bond acceptors (Lipinski definition) is 2. The van der Waals surface area contributed by atoms with Crippen LogP contribution in [-0.4, -0.2) is 37.0 Å². The van der Waals surface area contributed by atoms with E-state index in [0.29, 0.717) is 11.8 Å². The van der Waals surface area contributed by atoms with Crippen molar-refractivity contribution in [3.05, 3.63) is 34.3 Å². The van der Waals surface area contributed by atoms with Crippen molar-refractivity contribution in [2.75, 3.05) is 26.2 Å². The Morgan fingerprint density at radius 2 is 2.09 bits per heavy atom. The summed E-state index contributed by atoms with van der Waals surface area (Å²) in [5.74, 6) is 1.78. The number of carbonyl (C=O) groups excluding carboxylic acids is 1. The van der Waals surface area contributed by atoms with E-state index in [0.717, 1.165) is 55.8 Å². The van der Waals surface area contributed by atoms with Gasteiger partial charge < -0.3 is 10.2 Å². The smallest absolute Gasteiger partial charge is 0.226 e. The van der Waals surface area contributed by atoms with E-state index in [1.165, 1.54) is 5.56 Å². The number of carbonyl (C=O) groups is 1. The van der Waals surface area contributed by atoms with E-state index < -0.39 is 0 Å². The van der Waals surface area contributed by atoms with Crippen molar-refractivity contribution in [2.45, 2.75) is 32.1 Å². The first kappa shape index (κ1) is 18.8. The molecule has 0 aromatic heterocycles. The van der Waals surface area contributed by atoms with E-state index in [9.17, 15) is 4.79 Å². The second-order valence-corrected chi connectivity index (χ2v) is 7.50. The zero-order valence-electron chi connectivity index (χ0n) is 13.6. The van der Waals surface area contributed by atoms with Crippen LogP contribution in [0.4, 0.5) is 0 Å². The molecular weight excluding hydrogens is 376 g/mol. The fourth-order valence-corrected chi connectivity index (χ4v) is 3.93. The molecule has 1 aliphatic carbocycles. The molecule has 0 spiro atoms. The van der Waals surface area contributed by atoms with Crippen LogP contribution in [0.15, 0.2) is 28.7 Å². The molecule has 2 aliphatic rings. The molecule has 2 unspecified atom stereocenters. The molecule has 1 amide bonds. The molecular formula is C18H26BrClN2O. The van der Waals surface area contributed by atoms with E-state index in [1.54, 1.807) is 0 Å². The Morgan fingerprint density at radius 3 is 2.74 bits per heavy atom. The fraction of sp³-hybridized carbons (Fsp3) is 0.611. The molecule has 0 bridgehead atoms. The maximum atomic E-state index is 12.6. The van der Waals surface area contributed by atoms with Crippen LogP contribution >= 0.6 is 28.3 Å². The lowest BCUT2D eigenvalue weighted by Crippen LogP contribution is -2.41. The Bertz CT molecular complexity index is 532. The lowest BCUT2D eigenvalue weighted by atomic mass is 9.96. The molecule has 1 aliphatic heterocycles. The molecule has 2 atom stereocenters. The highest BCUT2D eigenvalue weighted by molar-refractivity contribution is 9.10. The Kier molecular flexibility index (Phi) is 6.93. The molecule has 3 nitrogen and oxygen atoms in total. The number of likely N-dealkylation sites (tertiary alicyclic amines) is 1. The van der Waals surface area contributed by atoms with Gasteiger partial charge in [0.1, 0.15) is 0 Å². The minimum Gasteiger partial charge on any atom is -0.342 e. The van der Waals surface area contributed by atoms with Crippen molar-refractivity contribution >= 4 is 34.2 Å². The van der Waals surface area contributed by atoms with Gasteiger partial charge in [0.05, 0.1) is 0 Å². The van der Waals surface area contributed by atoms with Crippen LogP contribution in [0.3, 0.4) is 0 Å². The van der Waals surface area contributed by atoms with Crippen LogP contribution in [0.25, 0.3) is 0 Å². The quantitative estimate of drug-likeness (QED) is 0.813. The van der Waals surface area contributed by atoms with Crippen molar-refractivity contribution in [3.63, 3.8) is 0 Å². The summed E-state index contributed by atoms with van der Waals surface area (Å²) >= 11 is 3.52. The third-order valence-electron chi connectivity index (χ3n) is 4.99. The molecule has 1 aromatic rings. The van der Waals surface area contributed by atoms with Crippen molar-refractivity contribution < 1.29 is 4.79 Å².